The fourth-order valence-corrected chi connectivity index (χ4v) is 2.29. The molecular weight excluding hydrogens is 282 g/mol. The predicted molar refractivity (Wildman–Crippen MR) is 78.1 cm³/mol. The zero-order valence-corrected chi connectivity index (χ0v) is 12.5. The molecule has 1 fully saturated rings. The Morgan fingerprint density at radius 3 is 3.05 bits per heavy atom. The molecule has 0 aliphatic carbocycles. The minimum atomic E-state index is -0.186. The number of ether oxygens (including phenoxy) is 1. The van der Waals surface area contributed by atoms with Gasteiger partial charge in [-0.2, -0.15) is 10.4 Å². The van der Waals surface area contributed by atoms with Crippen molar-refractivity contribution in [2.75, 3.05) is 24.6 Å². The average molecular weight is 299 g/mol. The van der Waals surface area contributed by atoms with Crippen LogP contribution in [-0.2, 0) is 4.74 Å². The van der Waals surface area contributed by atoms with Gasteiger partial charge >= 0.3 is 0 Å². The van der Waals surface area contributed by atoms with E-state index in [2.05, 4.69) is 30.0 Å². The summed E-state index contributed by atoms with van der Waals surface area (Å²) in [6, 6.07) is 3.75. The number of nitrogens with zero attached hydrogens (tertiary/aromatic N) is 6. The summed E-state index contributed by atoms with van der Waals surface area (Å²) in [5.41, 5.74) is 0. The lowest BCUT2D eigenvalue weighted by Gasteiger charge is -2.32. The number of nitrogens with one attached hydrogen (secondary N) is 1. The summed E-state index contributed by atoms with van der Waals surface area (Å²) in [4.78, 5) is 14.7. The Morgan fingerprint density at radius 2 is 2.32 bits per heavy atom. The van der Waals surface area contributed by atoms with Crippen LogP contribution in [0.25, 0.3) is 0 Å². The first-order valence-electron chi connectivity index (χ1n) is 7.19. The van der Waals surface area contributed by atoms with E-state index in [1.807, 2.05) is 19.9 Å². The summed E-state index contributed by atoms with van der Waals surface area (Å²) < 4.78 is 5.78. The predicted octanol–water partition coefficient (Wildman–Crippen LogP) is 1.17. The molecule has 2 aromatic rings. The number of aromatic nitrogens is 5. The fraction of sp³-hybridized carbons (Fsp3) is 0.500. The van der Waals surface area contributed by atoms with Gasteiger partial charge < -0.3 is 9.64 Å². The van der Waals surface area contributed by atoms with Crippen LogP contribution in [0.5, 0.6) is 0 Å². The summed E-state index contributed by atoms with van der Waals surface area (Å²) in [5.74, 6) is 2.67. The van der Waals surface area contributed by atoms with E-state index in [0.717, 1.165) is 17.5 Å². The molecule has 1 atom stereocenters. The third kappa shape index (κ3) is 2.89. The fourth-order valence-electron chi connectivity index (χ4n) is 2.29. The Kier molecular flexibility index (Phi) is 3.98. The minimum Gasteiger partial charge on any atom is -0.367 e. The molecule has 2 aromatic heterocycles. The van der Waals surface area contributed by atoms with Gasteiger partial charge in [-0.05, 0) is 6.07 Å². The first kappa shape index (κ1) is 14.4. The Hall–Kier alpha value is -2.53. The normalized spacial score (nSPS) is 18.5. The summed E-state index contributed by atoms with van der Waals surface area (Å²) in [7, 11) is 0. The smallest absolute Gasteiger partial charge is 0.234 e. The highest BCUT2D eigenvalue weighted by Gasteiger charge is 2.26. The first-order chi connectivity index (χ1) is 10.7. The van der Waals surface area contributed by atoms with Gasteiger partial charge in [0, 0.05) is 18.7 Å². The minimum absolute atomic E-state index is 0.169. The first-order valence-corrected chi connectivity index (χ1v) is 7.19. The Morgan fingerprint density at radius 1 is 1.45 bits per heavy atom. The Bertz CT molecular complexity index is 690. The lowest BCUT2D eigenvalue weighted by Crippen LogP contribution is -2.39. The zero-order chi connectivity index (χ0) is 15.5. The monoisotopic (exact) mass is 299 g/mol. The molecule has 8 nitrogen and oxygen atoms in total. The second-order valence-corrected chi connectivity index (χ2v) is 5.39. The maximum Gasteiger partial charge on any atom is 0.234 e. The molecule has 1 N–H and O–H groups in total. The van der Waals surface area contributed by atoms with E-state index < -0.39 is 0 Å². The summed E-state index contributed by atoms with van der Waals surface area (Å²) in [5, 5.41) is 16.1. The van der Waals surface area contributed by atoms with E-state index in [1.54, 1.807) is 12.3 Å². The SMILES string of the molecule is CC(C)c1n[nH]c(C2CN(c3ccnc(C#N)n3)CCO2)n1. The molecule has 0 radical (unpaired) electrons. The highest BCUT2D eigenvalue weighted by Crippen LogP contribution is 2.23. The summed E-state index contributed by atoms with van der Waals surface area (Å²) in [6.45, 7) is 5.98. The third-order valence-electron chi connectivity index (χ3n) is 3.47. The van der Waals surface area contributed by atoms with E-state index in [9.17, 15) is 0 Å². The van der Waals surface area contributed by atoms with Gasteiger partial charge in [0.25, 0.3) is 0 Å². The molecular formula is C14H17N7O. The largest absolute Gasteiger partial charge is 0.367 e. The molecule has 1 saturated heterocycles. The van der Waals surface area contributed by atoms with Crippen molar-refractivity contribution in [3.63, 3.8) is 0 Å². The topological polar surface area (TPSA) is 104 Å². The molecule has 22 heavy (non-hydrogen) atoms. The van der Waals surface area contributed by atoms with Crippen LogP contribution in [0.15, 0.2) is 12.3 Å². The number of morpholine rings is 1. The van der Waals surface area contributed by atoms with Crippen LogP contribution in [0.4, 0.5) is 5.82 Å². The van der Waals surface area contributed by atoms with E-state index >= 15 is 0 Å². The van der Waals surface area contributed by atoms with E-state index in [1.165, 1.54) is 0 Å². The maximum atomic E-state index is 8.90. The molecule has 0 amide bonds. The van der Waals surface area contributed by atoms with Gasteiger partial charge in [-0.3, -0.25) is 5.10 Å². The number of hydrogen-bond acceptors (Lipinski definition) is 7. The Labute approximate surface area is 128 Å². The van der Waals surface area contributed by atoms with Gasteiger partial charge in [0.15, 0.2) is 11.6 Å². The van der Waals surface area contributed by atoms with Crippen molar-refractivity contribution in [3.05, 3.63) is 29.7 Å². The molecule has 8 heteroatoms. The van der Waals surface area contributed by atoms with Crippen LogP contribution >= 0.6 is 0 Å². The molecule has 3 rings (SSSR count). The van der Waals surface area contributed by atoms with Gasteiger partial charge in [0.2, 0.25) is 5.82 Å². The van der Waals surface area contributed by atoms with Crippen LogP contribution in [0.1, 0.15) is 43.3 Å². The highest BCUT2D eigenvalue weighted by molar-refractivity contribution is 5.39. The van der Waals surface area contributed by atoms with E-state index in [0.29, 0.717) is 19.7 Å². The average Bonchev–Trinajstić information content (AvgIpc) is 3.05. The molecule has 1 unspecified atom stereocenters. The summed E-state index contributed by atoms with van der Waals surface area (Å²) >= 11 is 0. The van der Waals surface area contributed by atoms with Crippen LogP contribution in [0.3, 0.4) is 0 Å². The van der Waals surface area contributed by atoms with Crippen molar-refractivity contribution >= 4 is 5.82 Å². The molecule has 1 aliphatic heterocycles. The molecule has 3 heterocycles. The van der Waals surface area contributed by atoms with Crippen molar-refractivity contribution in [2.24, 2.45) is 0 Å². The van der Waals surface area contributed by atoms with Gasteiger partial charge in [-0.1, -0.05) is 13.8 Å². The van der Waals surface area contributed by atoms with Crippen molar-refractivity contribution in [1.29, 1.82) is 5.26 Å². The molecule has 1 aliphatic rings. The molecule has 0 spiro atoms. The number of nitriles is 1. The lowest BCUT2D eigenvalue weighted by atomic mass is 10.2. The molecule has 114 valence electrons. The zero-order valence-electron chi connectivity index (χ0n) is 12.5. The Balaban J connectivity index is 1.77. The standard InChI is InChI=1S/C14H17N7O/c1-9(2)13-18-14(20-19-13)10-8-21(5-6-22-10)12-3-4-16-11(7-15)17-12/h3-4,9-10H,5-6,8H2,1-2H3,(H,18,19,20). The lowest BCUT2D eigenvalue weighted by molar-refractivity contribution is 0.0339. The second-order valence-electron chi connectivity index (χ2n) is 5.39. The van der Waals surface area contributed by atoms with E-state index in [-0.39, 0.29) is 17.8 Å². The van der Waals surface area contributed by atoms with Crippen LogP contribution < -0.4 is 4.90 Å². The van der Waals surface area contributed by atoms with Crippen LogP contribution in [0, 0.1) is 11.3 Å². The molecule has 0 aromatic carbocycles. The van der Waals surface area contributed by atoms with Crippen molar-refractivity contribution in [2.45, 2.75) is 25.9 Å². The molecule has 0 saturated carbocycles. The van der Waals surface area contributed by atoms with E-state index in [4.69, 9.17) is 10.00 Å². The van der Waals surface area contributed by atoms with Crippen LogP contribution in [0.2, 0.25) is 0 Å². The van der Waals surface area contributed by atoms with Gasteiger partial charge in [-0.15, -0.1) is 0 Å². The number of hydrogen-bond donors (Lipinski definition) is 1. The third-order valence-corrected chi connectivity index (χ3v) is 3.47. The highest BCUT2D eigenvalue weighted by atomic mass is 16.5. The number of rotatable bonds is 3. The van der Waals surface area contributed by atoms with Crippen molar-refractivity contribution in [1.82, 2.24) is 25.1 Å². The molecule has 0 bridgehead atoms. The van der Waals surface area contributed by atoms with Crippen molar-refractivity contribution in [3.8, 4) is 6.07 Å². The summed E-state index contributed by atoms with van der Waals surface area (Å²) in [6.07, 6.45) is 1.41. The van der Waals surface area contributed by atoms with Crippen molar-refractivity contribution < 1.29 is 4.74 Å². The second kappa shape index (κ2) is 6.07. The number of aromatic amines is 1. The number of H-pyrrole nitrogens is 1. The van der Waals surface area contributed by atoms with Gasteiger partial charge in [-0.25, -0.2) is 15.0 Å². The van der Waals surface area contributed by atoms with Gasteiger partial charge in [0.1, 0.15) is 18.0 Å². The maximum absolute atomic E-state index is 8.90. The number of anilines is 1. The quantitative estimate of drug-likeness (QED) is 0.907. The van der Waals surface area contributed by atoms with Crippen LogP contribution in [-0.4, -0.2) is 44.8 Å². The van der Waals surface area contributed by atoms with Gasteiger partial charge in [0.05, 0.1) is 13.2 Å².